The van der Waals surface area contributed by atoms with E-state index in [1.807, 2.05) is 96.8 Å². The summed E-state index contributed by atoms with van der Waals surface area (Å²) >= 11 is 0. The molecule has 4 rings (SSSR count). The largest absolute Gasteiger partial charge is 0.493 e. The summed E-state index contributed by atoms with van der Waals surface area (Å²) in [7, 11) is 1.58. The van der Waals surface area contributed by atoms with Crippen molar-refractivity contribution in [1.82, 2.24) is 9.80 Å². The Bertz CT molecular complexity index is 1640. The molecule has 4 aromatic rings. The predicted molar refractivity (Wildman–Crippen MR) is 184 cm³/mol. The maximum atomic E-state index is 14.2. The third kappa shape index (κ3) is 9.45. The molecule has 47 heavy (non-hydrogen) atoms. The molecular formula is C39H44N2O6. The molecule has 0 atom stereocenters. The average Bonchev–Trinajstić information content (AvgIpc) is 3.10. The minimum atomic E-state index is -0.985. The Kier molecular flexibility index (Phi) is 13.0. The number of benzene rings is 4. The maximum Gasteiger partial charge on any atom is 0.305 e. The minimum Gasteiger partial charge on any atom is -0.493 e. The standard InChI is InChI=1S/C39H44N2O6/c1-4-6-24-41(28-30-14-8-7-9-15-30)39(45)34-19-13-11-17-32(34)31-16-10-12-18-33(31)38(44)40(26-23-37(42)43)25-22-29-20-21-35(46-3)36(27-29)47-5-2/h7-21,27H,4-6,22-26,28H2,1-3H3,(H,42,43). The molecule has 4 aromatic carbocycles. The van der Waals surface area contributed by atoms with Gasteiger partial charge in [-0.25, -0.2) is 0 Å². The molecule has 8 nitrogen and oxygen atoms in total. The molecule has 1 N–H and O–H groups in total. The Morgan fingerprint density at radius 2 is 1.30 bits per heavy atom. The summed E-state index contributed by atoms with van der Waals surface area (Å²) in [6, 6.07) is 30.2. The second kappa shape index (κ2) is 17.5. The van der Waals surface area contributed by atoms with Crippen molar-refractivity contribution < 1.29 is 29.0 Å². The Hall–Kier alpha value is -5.11. The number of amides is 2. The van der Waals surface area contributed by atoms with E-state index in [2.05, 4.69) is 6.92 Å². The van der Waals surface area contributed by atoms with Crippen molar-refractivity contribution >= 4 is 17.8 Å². The summed E-state index contributed by atoms with van der Waals surface area (Å²) in [5.41, 5.74) is 4.18. The van der Waals surface area contributed by atoms with Gasteiger partial charge in [0.15, 0.2) is 11.5 Å². The molecular weight excluding hydrogens is 592 g/mol. The fourth-order valence-electron chi connectivity index (χ4n) is 5.51. The molecule has 0 spiro atoms. The number of ether oxygens (including phenoxy) is 2. The zero-order valence-electron chi connectivity index (χ0n) is 27.5. The van der Waals surface area contributed by atoms with Crippen LogP contribution in [0.2, 0.25) is 0 Å². The zero-order chi connectivity index (χ0) is 33.6. The smallest absolute Gasteiger partial charge is 0.305 e. The van der Waals surface area contributed by atoms with Crippen molar-refractivity contribution in [2.45, 2.75) is 46.1 Å². The van der Waals surface area contributed by atoms with Crippen LogP contribution in [0.4, 0.5) is 0 Å². The van der Waals surface area contributed by atoms with E-state index < -0.39 is 5.97 Å². The molecule has 0 aliphatic carbocycles. The van der Waals surface area contributed by atoms with Gasteiger partial charge in [0.1, 0.15) is 0 Å². The summed E-state index contributed by atoms with van der Waals surface area (Å²) in [5, 5.41) is 9.49. The van der Waals surface area contributed by atoms with Gasteiger partial charge in [-0.1, -0.05) is 86.1 Å². The van der Waals surface area contributed by atoms with E-state index in [1.165, 1.54) is 0 Å². The molecule has 2 amide bonds. The van der Waals surface area contributed by atoms with Gasteiger partial charge in [-0.3, -0.25) is 14.4 Å². The lowest BCUT2D eigenvalue weighted by atomic mass is 9.93. The molecule has 0 saturated carbocycles. The Morgan fingerprint density at radius 1 is 0.681 bits per heavy atom. The normalized spacial score (nSPS) is 10.7. The summed E-state index contributed by atoms with van der Waals surface area (Å²) in [6.07, 6.45) is 2.11. The van der Waals surface area contributed by atoms with Gasteiger partial charge in [0.05, 0.1) is 20.1 Å². The van der Waals surface area contributed by atoms with Gasteiger partial charge in [0.2, 0.25) is 0 Å². The fraction of sp³-hybridized carbons (Fsp3) is 0.308. The molecule has 8 heteroatoms. The van der Waals surface area contributed by atoms with Crippen LogP contribution in [-0.2, 0) is 17.8 Å². The average molecular weight is 637 g/mol. The van der Waals surface area contributed by atoms with Crippen LogP contribution >= 0.6 is 0 Å². The summed E-state index contributed by atoms with van der Waals surface area (Å²) < 4.78 is 11.1. The van der Waals surface area contributed by atoms with Crippen molar-refractivity contribution in [1.29, 1.82) is 0 Å². The number of carbonyl (C=O) groups excluding carboxylic acids is 2. The second-order valence-corrected chi connectivity index (χ2v) is 11.3. The monoisotopic (exact) mass is 636 g/mol. The third-order valence-electron chi connectivity index (χ3n) is 7.97. The second-order valence-electron chi connectivity index (χ2n) is 11.3. The van der Waals surface area contributed by atoms with Gasteiger partial charge in [-0.05, 0) is 66.3 Å². The van der Waals surface area contributed by atoms with E-state index in [4.69, 9.17) is 9.47 Å². The number of carboxylic acids is 1. The van der Waals surface area contributed by atoms with E-state index in [0.717, 1.165) is 24.0 Å². The van der Waals surface area contributed by atoms with Crippen LogP contribution in [-0.4, -0.2) is 66.0 Å². The molecule has 0 bridgehead atoms. The first-order valence-electron chi connectivity index (χ1n) is 16.2. The van der Waals surface area contributed by atoms with Gasteiger partial charge in [-0.15, -0.1) is 0 Å². The molecule has 0 aliphatic heterocycles. The lowest BCUT2D eigenvalue weighted by Crippen LogP contribution is -2.35. The van der Waals surface area contributed by atoms with Gasteiger partial charge in [0, 0.05) is 37.3 Å². The minimum absolute atomic E-state index is 0.0411. The molecule has 0 saturated heterocycles. The number of unbranched alkanes of at least 4 members (excludes halogenated alkanes) is 1. The van der Waals surface area contributed by atoms with Crippen LogP contribution in [0.15, 0.2) is 97.1 Å². The maximum absolute atomic E-state index is 14.2. The van der Waals surface area contributed by atoms with E-state index in [9.17, 15) is 19.5 Å². The van der Waals surface area contributed by atoms with Gasteiger partial charge < -0.3 is 24.4 Å². The van der Waals surface area contributed by atoms with Crippen molar-refractivity contribution in [3.63, 3.8) is 0 Å². The van der Waals surface area contributed by atoms with Crippen molar-refractivity contribution in [2.75, 3.05) is 33.4 Å². The SMILES string of the molecule is CCCCN(Cc1ccccc1)C(=O)c1ccccc1-c1ccccc1C(=O)N(CCC(=O)O)CCc1ccc(OC)c(OCC)c1. The molecule has 0 heterocycles. The van der Waals surface area contributed by atoms with Crippen molar-refractivity contribution in [3.05, 3.63) is 119 Å². The number of carboxylic acid groups (broad SMARTS) is 1. The van der Waals surface area contributed by atoms with Gasteiger partial charge >= 0.3 is 5.97 Å². The third-order valence-corrected chi connectivity index (χ3v) is 7.97. The van der Waals surface area contributed by atoms with Gasteiger partial charge in [-0.2, -0.15) is 0 Å². The highest BCUT2D eigenvalue weighted by Gasteiger charge is 2.25. The van der Waals surface area contributed by atoms with Crippen LogP contribution < -0.4 is 9.47 Å². The molecule has 0 aliphatic rings. The first-order chi connectivity index (χ1) is 22.9. The van der Waals surface area contributed by atoms with Crippen molar-refractivity contribution in [2.24, 2.45) is 0 Å². The Balaban J connectivity index is 1.66. The highest BCUT2D eigenvalue weighted by Crippen LogP contribution is 2.31. The Morgan fingerprint density at radius 3 is 1.89 bits per heavy atom. The van der Waals surface area contributed by atoms with E-state index >= 15 is 0 Å². The molecule has 246 valence electrons. The quantitative estimate of drug-likeness (QED) is 0.130. The number of nitrogens with zero attached hydrogens (tertiary/aromatic N) is 2. The number of carbonyl (C=O) groups is 3. The van der Waals surface area contributed by atoms with E-state index in [0.29, 0.717) is 66.4 Å². The summed E-state index contributed by atoms with van der Waals surface area (Å²) in [4.78, 5) is 43.4. The first-order valence-corrected chi connectivity index (χ1v) is 16.2. The van der Waals surface area contributed by atoms with E-state index in [1.54, 1.807) is 24.1 Å². The van der Waals surface area contributed by atoms with Crippen LogP contribution in [0.5, 0.6) is 11.5 Å². The van der Waals surface area contributed by atoms with Gasteiger partial charge in [0.25, 0.3) is 11.8 Å². The van der Waals surface area contributed by atoms with Crippen LogP contribution in [0, 0.1) is 0 Å². The Labute approximate surface area is 277 Å². The lowest BCUT2D eigenvalue weighted by molar-refractivity contribution is -0.137. The van der Waals surface area contributed by atoms with E-state index in [-0.39, 0.29) is 24.8 Å². The number of rotatable bonds is 17. The summed E-state index contributed by atoms with van der Waals surface area (Å²) in [6.45, 7) is 5.90. The number of hydrogen-bond acceptors (Lipinski definition) is 5. The molecule has 0 fully saturated rings. The number of methoxy groups -OCH3 is 1. The highest BCUT2D eigenvalue weighted by atomic mass is 16.5. The molecule has 0 radical (unpaired) electrons. The lowest BCUT2D eigenvalue weighted by Gasteiger charge is -2.26. The zero-order valence-corrected chi connectivity index (χ0v) is 27.5. The highest BCUT2D eigenvalue weighted by molar-refractivity contribution is 6.06. The van der Waals surface area contributed by atoms with Crippen LogP contribution in [0.3, 0.4) is 0 Å². The summed E-state index contributed by atoms with van der Waals surface area (Å²) in [5.74, 6) is -0.153. The number of hydrogen-bond donors (Lipinski definition) is 1. The van der Waals surface area contributed by atoms with Crippen LogP contribution in [0.25, 0.3) is 11.1 Å². The molecule has 0 aromatic heterocycles. The van der Waals surface area contributed by atoms with Crippen molar-refractivity contribution in [3.8, 4) is 22.6 Å². The first kappa shape index (κ1) is 34.8. The predicted octanol–water partition coefficient (Wildman–Crippen LogP) is 7.36. The number of aliphatic carboxylic acids is 1. The molecule has 0 unspecified atom stereocenters. The fourth-order valence-corrected chi connectivity index (χ4v) is 5.51. The van der Waals surface area contributed by atoms with Crippen LogP contribution in [0.1, 0.15) is 65.0 Å². The topological polar surface area (TPSA) is 96.4 Å².